The van der Waals surface area contributed by atoms with E-state index < -0.39 is 0 Å². The number of nitrogens with zero attached hydrogens (tertiary/aromatic N) is 1. The molecule has 0 N–H and O–H groups in total. The van der Waals surface area contributed by atoms with Crippen molar-refractivity contribution in [1.82, 2.24) is 0 Å². The number of fused-ring (bicyclic) bond motifs is 7. The van der Waals surface area contributed by atoms with Crippen molar-refractivity contribution in [3.63, 3.8) is 0 Å². The van der Waals surface area contributed by atoms with Crippen LogP contribution in [-0.2, 0) is 0 Å². The van der Waals surface area contributed by atoms with Crippen LogP contribution in [0, 0.1) is 0 Å². The number of thiophene rings is 2. The highest BCUT2D eigenvalue weighted by Crippen LogP contribution is 2.45. The third-order valence-electron chi connectivity index (χ3n) is 10.8. The molecule has 0 saturated carbocycles. The predicted molar refractivity (Wildman–Crippen MR) is 241 cm³/mol. The van der Waals surface area contributed by atoms with E-state index >= 15 is 0 Å². The van der Waals surface area contributed by atoms with Crippen LogP contribution in [-0.4, -0.2) is 0 Å². The second-order valence-electron chi connectivity index (χ2n) is 14.1. The van der Waals surface area contributed by atoms with Gasteiger partial charge in [0.05, 0.1) is 0 Å². The molecule has 11 rings (SSSR count). The lowest BCUT2D eigenvalue weighted by molar-refractivity contribution is 1.29. The molecule has 2 heterocycles. The van der Waals surface area contributed by atoms with Gasteiger partial charge in [0, 0.05) is 57.4 Å². The third kappa shape index (κ3) is 5.51. The maximum atomic E-state index is 2.41. The Morgan fingerprint density at radius 1 is 0.291 bits per heavy atom. The molecule has 258 valence electrons. The highest BCUT2D eigenvalue weighted by molar-refractivity contribution is 7.26. The number of benzene rings is 9. The van der Waals surface area contributed by atoms with Gasteiger partial charge in [-0.25, -0.2) is 0 Å². The van der Waals surface area contributed by atoms with E-state index in [4.69, 9.17) is 0 Å². The Balaban J connectivity index is 1.09. The van der Waals surface area contributed by atoms with Crippen LogP contribution in [0.15, 0.2) is 200 Å². The quantitative estimate of drug-likeness (QED) is 0.164. The van der Waals surface area contributed by atoms with E-state index in [1.807, 2.05) is 22.7 Å². The van der Waals surface area contributed by atoms with E-state index in [9.17, 15) is 0 Å². The first-order valence-corrected chi connectivity index (χ1v) is 20.3. The Bertz CT molecular complexity index is 3080. The molecule has 0 fully saturated rings. The molecule has 0 saturated heterocycles. The monoisotopic (exact) mass is 735 g/mol. The summed E-state index contributed by atoms with van der Waals surface area (Å²) in [5, 5.41) is 7.74. The van der Waals surface area contributed by atoms with E-state index in [0.717, 1.165) is 17.1 Å². The van der Waals surface area contributed by atoms with E-state index in [0.29, 0.717) is 0 Å². The zero-order chi connectivity index (χ0) is 36.3. The molecule has 11 aromatic rings. The molecular weight excluding hydrogens is 703 g/mol. The molecule has 0 spiro atoms. The average Bonchev–Trinajstić information content (AvgIpc) is 3.83. The number of anilines is 3. The molecule has 0 bridgehead atoms. The predicted octanol–water partition coefficient (Wildman–Crippen LogP) is 16.0. The molecule has 0 aliphatic carbocycles. The van der Waals surface area contributed by atoms with Crippen molar-refractivity contribution in [3.05, 3.63) is 200 Å². The lowest BCUT2D eigenvalue weighted by Crippen LogP contribution is -2.09. The molecule has 3 heteroatoms. The van der Waals surface area contributed by atoms with E-state index in [1.165, 1.54) is 84.5 Å². The minimum Gasteiger partial charge on any atom is -0.310 e. The summed E-state index contributed by atoms with van der Waals surface area (Å²) < 4.78 is 5.30. The maximum Gasteiger partial charge on any atom is 0.0468 e. The van der Waals surface area contributed by atoms with E-state index in [2.05, 4.69) is 205 Å². The minimum absolute atomic E-state index is 1.12. The summed E-state index contributed by atoms with van der Waals surface area (Å²) in [6.07, 6.45) is 0. The van der Waals surface area contributed by atoms with Crippen LogP contribution in [0.4, 0.5) is 17.1 Å². The van der Waals surface area contributed by atoms with Crippen LogP contribution in [0.25, 0.3) is 84.5 Å². The fourth-order valence-electron chi connectivity index (χ4n) is 8.20. The van der Waals surface area contributed by atoms with Gasteiger partial charge in [-0.15, -0.1) is 22.7 Å². The topological polar surface area (TPSA) is 3.24 Å². The number of para-hydroxylation sites is 1. The zero-order valence-electron chi connectivity index (χ0n) is 29.8. The molecule has 0 amide bonds. The molecule has 9 aromatic carbocycles. The lowest BCUT2D eigenvalue weighted by atomic mass is 9.92. The van der Waals surface area contributed by atoms with Gasteiger partial charge in [-0.3, -0.25) is 0 Å². The summed E-state index contributed by atoms with van der Waals surface area (Å²) in [7, 11) is 0. The third-order valence-corrected chi connectivity index (χ3v) is 13.3. The van der Waals surface area contributed by atoms with Gasteiger partial charge in [0.15, 0.2) is 0 Å². The fraction of sp³-hybridized carbons (Fsp3) is 0. The summed E-state index contributed by atoms with van der Waals surface area (Å²) in [4.78, 5) is 2.35. The summed E-state index contributed by atoms with van der Waals surface area (Å²) >= 11 is 3.78. The Kier molecular flexibility index (Phi) is 7.61. The van der Waals surface area contributed by atoms with Crippen molar-refractivity contribution in [3.8, 4) is 33.4 Å². The Hall–Kier alpha value is -6.52. The van der Waals surface area contributed by atoms with Gasteiger partial charge in [0.25, 0.3) is 0 Å². The zero-order valence-corrected chi connectivity index (χ0v) is 31.4. The first kappa shape index (κ1) is 32.0. The van der Waals surface area contributed by atoms with Gasteiger partial charge in [-0.1, -0.05) is 133 Å². The molecule has 1 nitrogen and oxygen atoms in total. The van der Waals surface area contributed by atoms with Gasteiger partial charge in [0.1, 0.15) is 0 Å². The SMILES string of the molecule is c1ccc(N(c2ccc(-c3cc(-c4cccc5c4sc4ccccc45)cc(-c4cccc5c4sc4ccccc45)c3)cc2)c2ccc3ccccc3c2)cc1. The average molecular weight is 736 g/mol. The van der Waals surface area contributed by atoms with Crippen molar-refractivity contribution in [1.29, 1.82) is 0 Å². The van der Waals surface area contributed by atoms with Gasteiger partial charge in [-0.05, 0) is 111 Å². The molecular formula is C52H33NS2. The molecule has 0 aliphatic heterocycles. The standard InChI is InChI=1S/C52H33NS2/c1-2-14-40(15-3-1)53(42-29-26-34-12-4-5-13-36(34)33-42)41-27-24-35(25-28-41)37-30-38(43-18-10-20-47-45-16-6-8-22-49(45)54-51(43)47)32-39(31-37)44-19-11-21-48-46-17-7-9-23-50(46)55-52(44)48/h1-33H. The van der Waals surface area contributed by atoms with Gasteiger partial charge >= 0.3 is 0 Å². The van der Waals surface area contributed by atoms with Crippen molar-refractivity contribution >= 4 is 90.9 Å². The van der Waals surface area contributed by atoms with Crippen LogP contribution < -0.4 is 4.90 Å². The van der Waals surface area contributed by atoms with Crippen molar-refractivity contribution in [2.45, 2.75) is 0 Å². The molecule has 0 atom stereocenters. The summed E-state index contributed by atoms with van der Waals surface area (Å²) in [6.45, 7) is 0. The number of rotatable bonds is 6. The highest BCUT2D eigenvalue weighted by Gasteiger charge is 2.17. The second kappa shape index (κ2) is 13.1. The van der Waals surface area contributed by atoms with E-state index in [-0.39, 0.29) is 0 Å². The first-order chi connectivity index (χ1) is 27.2. The lowest BCUT2D eigenvalue weighted by Gasteiger charge is -2.26. The largest absolute Gasteiger partial charge is 0.310 e. The molecule has 0 aliphatic rings. The highest BCUT2D eigenvalue weighted by atomic mass is 32.1. The van der Waals surface area contributed by atoms with Crippen LogP contribution in [0.3, 0.4) is 0 Å². The van der Waals surface area contributed by atoms with E-state index in [1.54, 1.807) is 0 Å². The van der Waals surface area contributed by atoms with Crippen molar-refractivity contribution < 1.29 is 0 Å². The Morgan fingerprint density at radius 2 is 0.782 bits per heavy atom. The smallest absolute Gasteiger partial charge is 0.0468 e. The first-order valence-electron chi connectivity index (χ1n) is 18.7. The maximum absolute atomic E-state index is 2.41. The number of hydrogen-bond donors (Lipinski definition) is 0. The Labute approximate surface area is 327 Å². The molecule has 0 radical (unpaired) electrons. The number of hydrogen-bond acceptors (Lipinski definition) is 3. The van der Waals surface area contributed by atoms with Crippen molar-refractivity contribution in [2.75, 3.05) is 4.90 Å². The van der Waals surface area contributed by atoms with Crippen LogP contribution in [0.2, 0.25) is 0 Å². The summed E-state index contributed by atoms with van der Waals surface area (Å²) in [5.74, 6) is 0. The summed E-state index contributed by atoms with van der Waals surface area (Å²) in [5.41, 5.74) is 10.8. The molecule has 55 heavy (non-hydrogen) atoms. The normalized spacial score (nSPS) is 11.6. The summed E-state index contributed by atoms with van der Waals surface area (Å²) in [6, 6.07) is 73.4. The van der Waals surface area contributed by atoms with Crippen LogP contribution >= 0.6 is 22.7 Å². The van der Waals surface area contributed by atoms with Gasteiger partial charge in [-0.2, -0.15) is 0 Å². The van der Waals surface area contributed by atoms with Gasteiger partial charge < -0.3 is 4.90 Å². The molecule has 2 aromatic heterocycles. The van der Waals surface area contributed by atoms with Crippen molar-refractivity contribution in [2.24, 2.45) is 0 Å². The fourth-order valence-corrected chi connectivity index (χ4v) is 10.7. The van der Waals surface area contributed by atoms with Gasteiger partial charge in [0.2, 0.25) is 0 Å². The van der Waals surface area contributed by atoms with Crippen LogP contribution in [0.5, 0.6) is 0 Å². The second-order valence-corrected chi connectivity index (χ2v) is 16.2. The molecule has 0 unspecified atom stereocenters. The Morgan fingerprint density at radius 3 is 1.42 bits per heavy atom. The van der Waals surface area contributed by atoms with Crippen LogP contribution in [0.1, 0.15) is 0 Å². The minimum atomic E-state index is 1.12.